The van der Waals surface area contributed by atoms with Gasteiger partial charge in [-0.2, -0.15) is 0 Å². The topological polar surface area (TPSA) is 55.8 Å². The van der Waals surface area contributed by atoms with Gasteiger partial charge in [0.2, 0.25) is 0 Å². The summed E-state index contributed by atoms with van der Waals surface area (Å²) in [5.41, 5.74) is -1.62. The summed E-state index contributed by atoms with van der Waals surface area (Å²) in [6, 6.07) is 0. The van der Waals surface area contributed by atoms with Gasteiger partial charge in [-0.05, 0) is 96.8 Å². The molecule has 4 aliphatic rings. The van der Waals surface area contributed by atoms with E-state index in [-0.39, 0.29) is 0 Å². The van der Waals surface area contributed by atoms with E-state index in [0.29, 0.717) is 30.6 Å². The van der Waals surface area contributed by atoms with Crippen molar-refractivity contribution in [1.29, 1.82) is 0 Å². The van der Waals surface area contributed by atoms with E-state index in [9.17, 15) is 9.59 Å². The first kappa shape index (κ1) is 20.5. The Labute approximate surface area is 164 Å². The van der Waals surface area contributed by atoms with Crippen LogP contribution in [0.3, 0.4) is 0 Å². The van der Waals surface area contributed by atoms with Crippen LogP contribution in [0.1, 0.15) is 92.9 Å². The number of imide groups is 1. The summed E-state index contributed by atoms with van der Waals surface area (Å²) in [4.78, 5) is 27.9. The lowest BCUT2D eigenvalue weighted by molar-refractivity contribution is -0.0941. The van der Waals surface area contributed by atoms with E-state index in [4.69, 9.17) is 9.47 Å². The lowest BCUT2D eigenvalue weighted by Crippen LogP contribution is -2.64. The molecule has 0 saturated heterocycles. The first-order valence-electron chi connectivity index (χ1n) is 10.8. The van der Waals surface area contributed by atoms with Crippen molar-refractivity contribution < 1.29 is 19.1 Å². The Balaban J connectivity index is 1.90. The third-order valence-electron chi connectivity index (χ3n) is 7.28. The number of carbonyl (C=O) groups is 2. The molecule has 0 heterocycles. The van der Waals surface area contributed by atoms with Crippen molar-refractivity contribution in [3.05, 3.63) is 0 Å². The number of hydrogen-bond acceptors (Lipinski definition) is 4. The first-order valence-corrected chi connectivity index (χ1v) is 10.8. The lowest BCUT2D eigenvalue weighted by Gasteiger charge is -2.59. The summed E-state index contributed by atoms with van der Waals surface area (Å²) in [6.07, 6.45) is 6.80. The zero-order chi connectivity index (χ0) is 20.0. The minimum absolute atomic E-state index is 0.420. The van der Waals surface area contributed by atoms with Gasteiger partial charge in [0.1, 0.15) is 11.2 Å². The standard InChI is InChI=1S/C22H37NO4/c1-7-20(3,4)26-18(24)23(19(25)27-21(5,6)8-2)22-12-15-9-16(13-22)11-17(10-15)14-22/h15-17H,7-14H2,1-6H3. The van der Waals surface area contributed by atoms with E-state index in [2.05, 4.69) is 0 Å². The molecule has 0 aromatic heterocycles. The van der Waals surface area contributed by atoms with Crippen LogP contribution in [0.25, 0.3) is 0 Å². The summed E-state index contributed by atoms with van der Waals surface area (Å²) < 4.78 is 11.6. The number of carbonyl (C=O) groups excluding carboxylic acids is 2. The second-order valence-electron chi connectivity index (χ2n) is 10.4. The average Bonchev–Trinajstić information content (AvgIpc) is 2.52. The summed E-state index contributed by atoms with van der Waals surface area (Å²) >= 11 is 0. The van der Waals surface area contributed by atoms with Gasteiger partial charge >= 0.3 is 12.2 Å². The highest BCUT2D eigenvalue weighted by molar-refractivity contribution is 5.89. The molecule has 5 heteroatoms. The Bertz CT molecular complexity index is 530. The van der Waals surface area contributed by atoms with Crippen LogP contribution in [0.2, 0.25) is 0 Å². The molecule has 4 rings (SSSR count). The van der Waals surface area contributed by atoms with Gasteiger partial charge in [0.25, 0.3) is 0 Å². The highest BCUT2D eigenvalue weighted by atomic mass is 16.6. The summed E-state index contributed by atoms with van der Waals surface area (Å²) in [5, 5.41) is 0. The lowest BCUT2D eigenvalue weighted by atomic mass is 9.52. The van der Waals surface area contributed by atoms with Crippen molar-refractivity contribution in [3.8, 4) is 0 Å². The third kappa shape index (κ3) is 4.12. The van der Waals surface area contributed by atoms with Crippen molar-refractivity contribution in [2.24, 2.45) is 17.8 Å². The van der Waals surface area contributed by atoms with E-state index in [1.54, 1.807) is 0 Å². The summed E-state index contributed by atoms with van der Waals surface area (Å²) in [7, 11) is 0. The largest absolute Gasteiger partial charge is 0.443 e. The molecule has 4 bridgehead atoms. The van der Waals surface area contributed by atoms with Crippen LogP contribution in [-0.2, 0) is 9.47 Å². The van der Waals surface area contributed by atoms with Gasteiger partial charge in [-0.15, -0.1) is 0 Å². The van der Waals surface area contributed by atoms with Crippen LogP contribution >= 0.6 is 0 Å². The van der Waals surface area contributed by atoms with E-state index in [1.165, 1.54) is 24.2 Å². The Kier molecular flexibility index (Phi) is 5.28. The van der Waals surface area contributed by atoms with Crippen molar-refractivity contribution in [2.45, 2.75) is 110 Å². The van der Waals surface area contributed by atoms with Gasteiger partial charge in [0.05, 0.1) is 5.54 Å². The maximum absolute atomic E-state index is 13.3. The predicted molar refractivity (Wildman–Crippen MR) is 104 cm³/mol. The van der Waals surface area contributed by atoms with E-state index in [0.717, 1.165) is 19.3 Å². The number of rotatable bonds is 5. The molecule has 0 aliphatic heterocycles. The molecule has 4 fully saturated rings. The number of ether oxygens (including phenoxy) is 2. The minimum atomic E-state index is -0.599. The number of hydrogen-bond donors (Lipinski definition) is 0. The molecular formula is C22H37NO4. The molecule has 154 valence electrons. The van der Waals surface area contributed by atoms with Gasteiger partial charge in [-0.25, -0.2) is 14.5 Å². The van der Waals surface area contributed by atoms with Gasteiger partial charge in [-0.3, -0.25) is 0 Å². The van der Waals surface area contributed by atoms with Crippen LogP contribution in [0.4, 0.5) is 9.59 Å². The molecule has 2 amide bonds. The Morgan fingerprint density at radius 1 is 0.815 bits per heavy atom. The SMILES string of the molecule is CCC(C)(C)OC(=O)N(C(=O)OC(C)(C)CC)C12CC3CC(CC(C3)C1)C2. The number of nitrogens with zero attached hydrogens (tertiary/aromatic N) is 1. The fourth-order valence-corrected chi connectivity index (χ4v) is 5.51. The van der Waals surface area contributed by atoms with Gasteiger partial charge in [0.15, 0.2) is 0 Å². The van der Waals surface area contributed by atoms with Crippen LogP contribution in [0.5, 0.6) is 0 Å². The Morgan fingerprint density at radius 3 is 1.44 bits per heavy atom. The molecule has 0 N–H and O–H groups in total. The molecule has 4 aliphatic carbocycles. The van der Waals surface area contributed by atoms with Crippen molar-refractivity contribution >= 4 is 12.2 Å². The molecule has 0 aromatic rings. The molecule has 4 saturated carbocycles. The monoisotopic (exact) mass is 379 g/mol. The van der Waals surface area contributed by atoms with Gasteiger partial charge < -0.3 is 9.47 Å². The van der Waals surface area contributed by atoms with E-state index in [1.807, 2.05) is 41.5 Å². The van der Waals surface area contributed by atoms with Crippen molar-refractivity contribution in [2.75, 3.05) is 0 Å². The molecular weight excluding hydrogens is 342 g/mol. The molecule has 5 nitrogen and oxygen atoms in total. The molecule has 0 aromatic carbocycles. The fourth-order valence-electron chi connectivity index (χ4n) is 5.51. The molecule has 0 atom stereocenters. The number of amides is 2. The minimum Gasteiger partial charge on any atom is -0.443 e. The maximum Gasteiger partial charge on any atom is 0.420 e. The van der Waals surface area contributed by atoms with Crippen LogP contribution in [0, 0.1) is 17.8 Å². The average molecular weight is 380 g/mol. The zero-order valence-electron chi connectivity index (χ0n) is 18.0. The van der Waals surface area contributed by atoms with E-state index < -0.39 is 28.9 Å². The van der Waals surface area contributed by atoms with Crippen LogP contribution in [-0.4, -0.2) is 33.8 Å². The molecule has 0 unspecified atom stereocenters. The third-order valence-corrected chi connectivity index (χ3v) is 7.28. The normalized spacial score (nSPS) is 32.3. The second kappa shape index (κ2) is 6.97. The summed E-state index contributed by atoms with van der Waals surface area (Å²) in [5.74, 6) is 1.87. The maximum atomic E-state index is 13.3. The zero-order valence-corrected chi connectivity index (χ0v) is 18.0. The van der Waals surface area contributed by atoms with Gasteiger partial charge in [0, 0.05) is 0 Å². The first-order chi connectivity index (χ1) is 12.5. The highest BCUT2D eigenvalue weighted by Crippen LogP contribution is 2.58. The van der Waals surface area contributed by atoms with Crippen molar-refractivity contribution in [3.63, 3.8) is 0 Å². The predicted octanol–water partition coefficient (Wildman–Crippen LogP) is 5.91. The van der Waals surface area contributed by atoms with Crippen LogP contribution in [0.15, 0.2) is 0 Å². The van der Waals surface area contributed by atoms with E-state index >= 15 is 0 Å². The second-order valence-corrected chi connectivity index (χ2v) is 10.4. The van der Waals surface area contributed by atoms with Crippen molar-refractivity contribution in [1.82, 2.24) is 4.90 Å². The van der Waals surface area contributed by atoms with Crippen LogP contribution < -0.4 is 0 Å². The molecule has 27 heavy (non-hydrogen) atoms. The molecule has 0 radical (unpaired) electrons. The summed E-state index contributed by atoms with van der Waals surface area (Å²) in [6.45, 7) is 11.5. The Morgan fingerprint density at radius 2 is 1.15 bits per heavy atom. The highest BCUT2D eigenvalue weighted by Gasteiger charge is 2.58. The Hall–Kier alpha value is -1.26. The fraction of sp³-hybridized carbons (Fsp3) is 0.909. The molecule has 0 spiro atoms. The van der Waals surface area contributed by atoms with Gasteiger partial charge in [-0.1, -0.05) is 13.8 Å². The quantitative estimate of drug-likeness (QED) is 0.596. The smallest absolute Gasteiger partial charge is 0.420 e.